The van der Waals surface area contributed by atoms with Crippen molar-refractivity contribution in [2.45, 2.75) is 12.2 Å². The first-order chi connectivity index (χ1) is 8.70. The lowest BCUT2D eigenvalue weighted by Crippen LogP contribution is -2.51. The second kappa shape index (κ2) is 5.79. The molecule has 0 aliphatic carbocycles. The summed E-state index contributed by atoms with van der Waals surface area (Å²) < 4.78 is 36.8. The molecule has 3 N–H and O–H groups in total. The maximum Gasteiger partial charge on any atom is 0.419 e. The quantitative estimate of drug-likeness (QED) is 0.802. The van der Waals surface area contributed by atoms with Crippen molar-refractivity contribution in [3.05, 3.63) is 29.3 Å². The molecule has 0 saturated carbocycles. The minimum Gasteiger partial charge on any atom is -0.479 e. The molecule has 9 heteroatoms. The highest BCUT2D eigenvalue weighted by molar-refractivity contribution is 6.30. The number of nitrogens with one attached hydrogen (secondary N) is 2. The number of carboxylic acids is 1. The van der Waals surface area contributed by atoms with Gasteiger partial charge in [-0.15, -0.1) is 0 Å². The molecular weight excluding hydrogens is 289 g/mol. The van der Waals surface area contributed by atoms with Crippen molar-refractivity contribution in [1.82, 2.24) is 5.32 Å². The van der Waals surface area contributed by atoms with E-state index in [9.17, 15) is 22.8 Å². The molecule has 0 aromatic heterocycles. The van der Waals surface area contributed by atoms with Crippen molar-refractivity contribution >= 4 is 29.3 Å². The number of amides is 2. The molecule has 0 radical (unpaired) electrons. The van der Waals surface area contributed by atoms with Gasteiger partial charge in [-0.1, -0.05) is 11.6 Å². The zero-order valence-corrected chi connectivity index (χ0v) is 9.92. The monoisotopic (exact) mass is 296 g/mol. The fraction of sp³-hybridized carbons (Fsp3) is 0.200. The number of hydrogen-bond donors (Lipinski definition) is 3. The number of carbonyl (C=O) groups excluding carboxylic acids is 1. The zero-order valence-electron chi connectivity index (χ0n) is 9.16. The van der Waals surface area contributed by atoms with Gasteiger partial charge in [0.1, 0.15) is 0 Å². The van der Waals surface area contributed by atoms with E-state index in [1.165, 1.54) is 29.6 Å². The SMILES string of the molecule is O=C(Nc1ccc(Cl)cc1)NC(C(=O)O)C(F)(F)F. The van der Waals surface area contributed by atoms with E-state index < -0.39 is 24.2 Å². The molecule has 1 atom stereocenters. The fourth-order valence-electron chi connectivity index (χ4n) is 1.12. The van der Waals surface area contributed by atoms with Crippen LogP contribution in [0.3, 0.4) is 0 Å². The van der Waals surface area contributed by atoms with Crippen LogP contribution in [0.2, 0.25) is 5.02 Å². The van der Waals surface area contributed by atoms with Gasteiger partial charge >= 0.3 is 18.2 Å². The Balaban J connectivity index is 2.68. The number of benzene rings is 1. The Morgan fingerprint density at radius 1 is 1.21 bits per heavy atom. The number of carbonyl (C=O) groups is 2. The molecule has 0 spiro atoms. The van der Waals surface area contributed by atoms with E-state index >= 15 is 0 Å². The van der Waals surface area contributed by atoms with E-state index in [0.29, 0.717) is 5.02 Å². The first-order valence-electron chi connectivity index (χ1n) is 4.83. The summed E-state index contributed by atoms with van der Waals surface area (Å²) in [6, 6.07) is 1.27. The molecular formula is C10H8ClF3N2O3. The van der Waals surface area contributed by atoms with Gasteiger partial charge in [0.15, 0.2) is 0 Å². The van der Waals surface area contributed by atoms with Crippen molar-refractivity contribution in [3.8, 4) is 0 Å². The Labute approximate surface area is 110 Å². The average Bonchev–Trinajstić information content (AvgIpc) is 2.27. The number of carboxylic acid groups (broad SMARTS) is 1. The van der Waals surface area contributed by atoms with Crippen molar-refractivity contribution in [2.24, 2.45) is 0 Å². The number of anilines is 1. The number of aliphatic carboxylic acids is 1. The smallest absolute Gasteiger partial charge is 0.419 e. The van der Waals surface area contributed by atoms with Gasteiger partial charge in [0.25, 0.3) is 0 Å². The summed E-state index contributed by atoms with van der Waals surface area (Å²) in [6.45, 7) is 0. The maximum absolute atomic E-state index is 12.3. The van der Waals surface area contributed by atoms with Crippen molar-refractivity contribution in [2.75, 3.05) is 5.32 Å². The van der Waals surface area contributed by atoms with Crippen LogP contribution in [0, 0.1) is 0 Å². The van der Waals surface area contributed by atoms with Gasteiger partial charge in [0, 0.05) is 10.7 Å². The topological polar surface area (TPSA) is 78.4 Å². The summed E-state index contributed by atoms with van der Waals surface area (Å²) in [5.74, 6) is -2.20. The maximum atomic E-state index is 12.3. The predicted octanol–water partition coefficient (Wildman–Crippen LogP) is 2.48. The molecule has 0 heterocycles. The van der Waals surface area contributed by atoms with Crippen molar-refractivity contribution in [1.29, 1.82) is 0 Å². The van der Waals surface area contributed by atoms with Crippen LogP contribution in [0.15, 0.2) is 24.3 Å². The summed E-state index contributed by atoms with van der Waals surface area (Å²) in [4.78, 5) is 21.6. The summed E-state index contributed by atoms with van der Waals surface area (Å²) in [6.07, 6.45) is -5.08. The van der Waals surface area contributed by atoms with Crippen molar-refractivity contribution in [3.63, 3.8) is 0 Å². The Bertz CT molecular complexity index is 476. The van der Waals surface area contributed by atoms with Gasteiger partial charge in [-0.2, -0.15) is 13.2 Å². The van der Waals surface area contributed by atoms with Crippen LogP contribution in [-0.4, -0.2) is 29.3 Å². The largest absolute Gasteiger partial charge is 0.479 e. The van der Waals surface area contributed by atoms with Crippen LogP contribution >= 0.6 is 11.6 Å². The fourth-order valence-corrected chi connectivity index (χ4v) is 1.24. The van der Waals surface area contributed by atoms with E-state index in [-0.39, 0.29) is 5.69 Å². The van der Waals surface area contributed by atoms with E-state index in [0.717, 1.165) is 0 Å². The van der Waals surface area contributed by atoms with Gasteiger partial charge in [-0.05, 0) is 24.3 Å². The van der Waals surface area contributed by atoms with Crippen LogP contribution in [0.25, 0.3) is 0 Å². The minimum atomic E-state index is -5.08. The predicted molar refractivity (Wildman–Crippen MR) is 61.1 cm³/mol. The van der Waals surface area contributed by atoms with E-state index in [2.05, 4.69) is 5.32 Å². The van der Waals surface area contributed by atoms with Gasteiger partial charge in [0.2, 0.25) is 6.04 Å². The number of rotatable bonds is 3. The lowest BCUT2D eigenvalue weighted by atomic mass is 10.3. The summed E-state index contributed by atoms with van der Waals surface area (Å²) in [7, 11) is 0. The third kappa shape index (κ3) is 4.66. The molecule has 5 nitrogen and oxygen atoms in total. The lowest BCUT2D eigenvalue weighted by molar-refractivity contribution is -0.178. The summed E-state index contributed by atoms with van der Waals surface area (Å²) in [5.41, 5.74) is 0.174. The molecule has 1 rings (SSSR count). The van der Waals surface area contributed by atoms with Crippen LogP contribution in [0.1, 0.15) is 0 Å². The standard InChI is InChI=1S/C10H8ClF3N2O3/c11-5-1-3-6(4-2-5)15-9(19)16-7(8(17)18)10(12,13)14/h1-4,7H,(H,17,18)(H2,15,16,19). The molecule has 0 aliphatic rings. The summed E-state index contributed by atoms with van der Waals surface area (Å²) in [5, 5.41) is 12.1. The Morgan fingerprint density at radius 2 is 1.74 bits per heavy atom. The summed E-state index contributed by atoms with van der Waals surface area (Å²) >= 11 is 5.58. The highest BCUT2D eigenvalue weighted by Gasteiger charge is 2.46. The Morgan fingerprint density at radius 3 is 2.16 bits per heavy atom. The van der Waals surface area contributed by atoms with Crippen LogP contribution in [-0.2, 0) is 4.79 Å². The highest BCUT2D eigenvalue weighted by atomic mass is 35.5. The molecule has 1 unspecified atom stereocenters. The number of urea groups is 1. The Hall–Kier alpha value is -1.96. The van der Waals surface area contributed by atoms with Crippen molar-refractivity contribution < 1.29 is 27.9 Å². The molecule has 1 aromatic carbocycles. The van der Waals surface area contributed by atoms with Gasteiger partial charge in [-0.3, -0.25) is 0 Å². The van der Waals surface area contributed by atoms with E-state index in [1.807, 2.05) is 0 Å². The molecule has 0 bridgehead atoms. The zero-order chi connectivity index (χ0) is 14.6. The second-order valence-electron chi connectivity index (χ2n) is 3.42. The third-order valence-corrected chi connectivity index (χ3v) is 2.20. The molecule has 0 fully saturated rings. The average molecular weight is 297 g/mol. The molecule has 1 aromatic rings. The normalized spacial score (nSPS) is 12.6. The second-order valence-corrected chi connectivity index (χ2v) is 3.85. The van der Waals surface area contributed by atoms with Gasteiger partial charge in [-0.25, -0.2) is 9.59 Å². The van der Waals surface area contributed by atoms with E-state index in [4.69, 9.17) is 16.7 Å². The number of halogens is 4. The minimum absolute atomic E-state index is 0.174. The number of hydrogen-bond acceptors (Lipinski definition) is 2. The van der Waals surface area contributed by atoms with Crippen LogP contribution < -0.4 is 10.6 Å². The lowest BCUT2D eigenvalue weighted by Gasteiger charge is -2.17. The molecule has 19 heavy (non-hydrogen) atoms. The molecule has 0 saturated heterocycles. The highest BCUT2D eigenvalue weighted by Crippen LogP contribution is 2.20. The molecule has 0 aliphatic heterocycles. The number of alkyl halides is 3. The first-order valence-corrected chi connectivity index (χ1v) is 5.20. The Kier molecular flexibility index (Phi) is 4.60. The van der Waals surface area contributed by atoms with Gasteiger partial charge in [0.05, 0.1) is 0 Å². The molecule has 2 amide bonds. The van der Waals surface area contributed by atoms with E-state index in [1.54, 1.807) is 0 Å². The first kappa shape index (κ1) is 15.1. The van der Waals surface area contributed by atoms with Gasteiger partial charge < -0.3 is 15.7 Å². The third-order valence-electron chi connectivity index (χ3n) is 1.95. The molecule has 104 valence electrons. The van der Waals surface area contributed by atoms with Crippen LogP contribution in [0.4, 0.5) is 23.7 Å². The van der Waals surface area contributed by atoms with Crippen LogP contribution in [0.5, 0.6) is 0 Å².